The fourth-order valence-electron chi connectivity index (χ4n) is 5.45. The van der Waals surface area contributed by atoms with Crippen molar-refractivity contribution in [2.24, 2.45) is 5.41 Å². The zero-order chi connectivity index (χ0) is 24.9. The highest BCUT2D eigenvalue weighted by molar-refractivity contribution is 6.20. The van der Waals surface area contributed by atoms with Crippen LogP contribution < -0.4 is 20.3 Å². The fraction of sp³-hybridized carbons (Fsp3) is 0.435. The Morgan fingerprint density at radius 1 is 1.23 bits per heavy atom. The Morgan fingerprint density at radius 2 is 1.97 bits per heavy atom. The van der Waals surface area contributed by atoms with E-state index in [9.17, 15) is 18.8 Å². The molecule has 4 amide bonds. The zero-order valence-corrected chi connectivity index (χ0v) is 19.0. The van der Waals surface area contributed by atoms with Crippen molar-refractivity contribution in [1.82, 2.24) is 20.6 Å². The predicted molar refractivity (Wildman–Crippen MR) is 118 cm³/mol. The van der Waals surface area contributed by atoms with Crippen molar-refractivity contribution in [3.8, 4) is 17.0 Å². The zero-order valence-electron chi connectivity index (χ0n) is 19.0. The summed E-state index contributed by atoms with van der Waals surface area (Å²) < 4.78 is 40.6. The molecule has 1 aromatic carbocycles. The van der Waals surface area contributed by atoms with E-state index in [2.05, 4.69) is 20.6 Å². The van der Waals surface area contributed by atoms with Crippen LogP contribution in [0, 0.1) is 11.2 Å². The molecule has 0 bridgehead atoms. The first-order valence-electron chi connectivity index (χ1n) is 11.2. The van der Waals surface area contributed by atoms with Crippen LogP contribution in [0.4, 0.5) is 19.3 Å². The van der Waals surface area contributed by atoms with Gasteiger partial charge >= 0.3 is 6.03 Å². The van der Waals surface area contributed by atoms with Gasteiger partial charge in [0.2, 0.25) is 11.8 Å². The third-order valence-electron chi connectivity index (χ3n) is 6.64. The van der Waals surface area contributed by atoms with Gasteiger partial charge in [-0.05, 0) is 25.5 Å². The number of nitrogens with zero attached hydrogens (tertiary/aromatic N) is 3. The summed E-state index contributed by atoms with van der Waals surface area (Å²) in [6.45, 7) is 2.46. The van der Waals surface area contributed by atoms with E-state index in [1.807, 2.05) is 0 Å². The number of amides is 4. The lowest BCUT2D eigenvalue weighted by Gasteiger charge is -2.55. The van der Waals surface area contributed by atoms with Crippen LogP contribution in [0.3, 0.4) is 0 Å². The first-order chi connectivity index (χ1) is 16.8. The fourth-order valence-corrected chi connectivity index (χ4v) is 5.45. The highest BCUT2D eigenvalue weighted by Crippen LogP contribution is 2.51. The summed E-state index contributed by atoms with van der Waals surface area (Å²) in [7, 11) is 0. The molecule has 0 unspecified atom stereocenters. The number of anilines is 1. The average molecular weight is 487 g/mol. The number of carbonyl (C=O) groups excluding carboxylic acids is 3. The second-order valence-corrected chi connectivity index (χ2v) is 8.84. The van der Waals surface area contributed by atoms with Crippen molar-refractivity contribution in [3.63, 3.8) is 0 Å². The average Bonchev–Trinajstić information content (AvgIpc) is 2.81. The van der Waals surface area contributed by atoms with Gasteiger partial charge in [-0.15, -0.1) is 0 Å². The van der Waals surface area contributed by atoms with Gasteiger partial charge in [-0.3, -0.25) is 30.2 Å². The van der Waals surface area contributed by atoms with Crippen LogP contribution in [0.15, 0.2) is 24.7 Å². The minimum atomic E-state index is -1.76. The molecule has 2 N–H and O–H groups in total. The van der Waals surface area contributed by atoms with Gasteiger partial charge in [0, 0.05) is 30.9 Å². The molecule has 1 spiro atoms. The first-order valence-corrected chi connectivity index (χ1v) is 11.2. The van der Waals surface area contributed by atoms with Crippen LogP contribution in [0.5, 0.6) is 5.75 Å². The van der Waals surface area contributed by atoms with Gasteiger partial charge in [-0.1, -0.05) is 0 Å². The summed E-state index contributed by atoms with van der Waals surface area (Å²) in [5.74, 6) is -2.52. The minimum absolute atomic E-state index is 0.140. The van der Waals surface area contributed by atoms with Crippen molar-refractivity contribution in [3.05, 3.63) is 36.0 Å². The van der Waals surface area contributed by atoms with E-state index in [0.717, 1.165) is 0 Å². The molecule has 2 aromatic rings. The van der Waals surface area contributed by atoms with E-state index in [0.29, 0.717) is 5.56 Å². The van der Waals surface area contributed by atoms with Crippen LogP contribution in [0.2, 0.25) is 0 Å². The van der Waals surface area contributed by atoms with Crippen molar-refractivity contribution in [2.45, 2.75) is 38.5 Å². The third-order valence-corrected chi connectivity index (χ3v) is 6.64. The minimum Gasteiger partial charge on any atom is -0.487 e. The first kappa shape index (κ1) is 23.1. The number of rotatable bonds is 4. The monoisotopic (exact) mass is 487 g/mol. The molecule has 12 heteroatoms. The Kier molecular flexibility index (Phi) is 5.62. The Labute approximate surface area is 199 Å². The second-order valence-electron chi connectivity index (χ2n) is 8.84. The summed E-state index contributed by atoms with van der Waals surface area (Å²) in [5.41, 5.74) is -0.794. The quantitative estimate of drug-likeness (QED) is 0.623. The number of alkyl halides is 1. The van der Waals surface area contributed by atoms with Crippen LogP contribution in [0.1, 0.15) is 19.4 Å². The highest BCUT2D eigenvalue weighted by atomic mass is 19.1. The lowest BCUT2D eigenvalue weighted by Crippen LogP contribution is -2.75. The number of hydrogen-bond acceptors (Lipinski definition) is 8. The predicted octanol–water partition coefficient (Wildman–Crippen LogP) is 1.52. The molecule has 0 radical (unpaired) electrons. The lowest BCUT2D eigenvalue weighted by atomic mass is 9.66. The SMILES string of the molecule is C[C@H]1CN2c3c(cc(-c4cnccn4)c(OCCF)c3F)CC3(C(=O)NC(=O)NC3=O)[C@@H]2[C@@H](C)O1. The largest absolute Gasteiger partial charge is 0.487 e. The van der Waals surface area contributed by atoms with Crippen molar-refractivity contribution < 1.29 is 32.6 Å². The maximum atomic E-state index is 16.2. The Hall–Kier alpha value is -3.67. The van der Waals surface area contributed by atoms with Gasteiger partial charge in [0.25, 0.3) is 0 Å². The molecule has 184 valence electrons. The molecule has 2 fully saturated rings. The number of morpholine rings is 1. The number of aromatic nitrogens is 2. The summed E-state index contributed by atoms with van der Waals surface area (Å²) >= 11 is 0. The van der Waals surface area contributed by atoms with Gasteiger partial charge in [0.05, 0.1) is 35.8 Å². The molecule has 3 aliphatic rings. The van der Waals surface area contributed by atoms with Gasteiger partial charge < -0.3 is 14.4 Å². The lowest BCUT2D eigenvalue weighted by molar-refractivity contribution is -0.153. The number of nitrogens with one attached hydrogen (secondary N) is 2. The van der Waals surface area contributed by atoms with Gasteiger partial charge in [0.15, 0.2) is 17.0 Å². The third kappa shape index (κ3) is 3.51. The van der Waals surface area contributed by atoms with Crippen molar-refractivity contribution >= 4 is 23.5 Å². The van der Waals surface area contributed by atoms with E-state index in [-0.39, 0.29) is 48.4 Å². The molecule has 4 heterocycles. The normalized spacial score (nSPS) is 25.0. The standard InChI is InChI=1S/C23H23F2N5O5/c1-11-10-30-17-13(7-14(15-9-26-4-5-27-15)18(16(17)25)34-6-3-24)8-23(19(30)12(2)35-11)20(31)28-22(33)29-21(23)32/h4-5,7,9,11-12,19H,3,6,8,10H2,1-2H3,(H2,28,29,31,32,33)/t11-,12+,19-/m0/s1. The summed E-state index contributed by atoms with van der Waals surface area (Å²) in [4.78, 5) is 48.3. The maximum absolute atomic E-state index is 16.2. The highest BCUT2D eigenvalue weighted by Gasteiger charge is 2.63. The van der Waals surface area contributed by atoms with Gasteiger partial charge in [0.1, 0.15) is 13.3 Å². The molecule has 3 atom stereocenters. The summed E-state index contributed by atoms with van der Waals surface area (Å²) in [6, 6.07) is -0.247. The molecule has 3 aliphatic heterocycles. The van der Waals surface area contributed by atoms with E-state index in [1.54, 1.807) is 24.8 Å². The topological polar surface area (TPSA) is 123 Å². The number of benzene rings is 1. The molecule has 10 nitrogen and oxygen atoms in total. The van der Waals surface area contributed by atoms with E-state index < -0.39 is 47.9 Å². The van der Waals surface area contributed by atoms with Crippen molar-refractivity contribution in [1.29, 1.82) is 0 Å². The van der Waals surface area contributed by atoms with Gasteiger partial charge in [-0.2, -0.15) is 0 Å². The van der Waals surface area contributed by atoms with E-state index in [4.69, 9.17) is 9.47 Å². The van der Waals surface area contributed by atoms with Crippen LogP contribution in [0.25, 0.3) is 11.3 Å². The number of halogens is 2. The second kappa shape index (κ2) is 8.52. The molecule has 1 aromatic heterocycles. The number of carbonyl (C=O) groups is 3. The molecule has 35 heavy (non-hydrogen) atoms. The van der Waals surface area contributed by atoms with Crippen LogP contribution in [-0.2, 0) is 20.7 Å². The number of hydrogen-bond donors (Lipinski definition) is 2. The summed E-state index contributed by atoms with van der Waals surface area (Å²) in [5, 5.41) is 4.38. The molecular formula is C23H23F2N5O5. The maximum Gasteiger partial charge on any atom is 0.328 e. The van der Waals surface area contributed by atoms with Crippen molar-refractivity contribution in [2.75, 3.05) is 24.7 Å². The number of urea groups is 1. The molecule has 0 aliphatic carbocycles. The number of ether oxygens (including phenoxy) is 2. The molecule has 0 saturated carbocycles. The summed E-state index contributed by atoms with van der Waals surface area (Å²) in [6.07, 6.45) is 3.06. The number of fused-ring (bicyclic) bond motifs is 4. The molecule has 2 saturated heterocycles. The Morgan fingerprint density at radius 3 is 2.63 bits per heavy atom. The smallest absolute Gasteiger partial charge is 0.328 e. The number of imide groups is 2. The van der Waals surface area contributed by atoms with Crippen LogP contribution in [-0.4, -0.2) is 65.9 Å². The van der Waals surface area contributed by atoms with E-state index >= 15 is 4.39 Å². The van der Waals surface area contributed by atoms with Gasteiger partial charge in [-0.25, -0.2) is 13.6 Å². The van der Waals surface area contributed by atoms with E-state index in [1.165, 1.54) is 18.6 Å². The molecular weight excluding hydrogens is 464 g/mol. The Bertz CT molecular complexity index is 1190. The molecule has 5 rings (SSSR count). The van der Waals surface area contributed by atoms with Crippen LogP contribution >= 0.6 is 0 Å². The number of barbiturate groups is 1. The Balaban J connectivity index is 1.76.